The van der Waals surface area contributed by atoms with Gasteiger partial charge in [-0.25, -0.2) is 0 Å². The lowest BCUT2D eigenvalue weighted by atomic mass is 10.1. The van der Waals surface area contributed by atoms with Crippen LogP contribution < -0.4 is 5.43 Å². The van der Waals surface area contributed by atoms with Crippen LogP contribution in [0, 0.1) is 0 Å². The number of hydrazone groups is 1. The van der Waals surface area contributed by atoms with E-state index in [9.17, 15) is 0 Å². The van der Waals surface area contributed by atoms with Crippen molar-refractivity contribution in [2.75, 3.05) is 26.1 Å². The molecule has 0 amide bonds. The average molecular weight is 267 g/mol. The molecule has 0 aromatic heterocycles. The molecule has 20 heavy (non-hydrogen) atoms. The third-order valence-corrected chi connectivity index (χ3v) is 3.00. The van der Waals surface area contributed by atoms with Crippen molar-refractivity contribution in [2.24, 2.45) is 5.10 Å². The van der Waals surface area contributed by atoms with Gasteiger partial charge in [0, 0.05) is 13.0 Å². The Balaban J connectivity index is 2.13. The Bertz CT molecular complexity index is 533. The highest BCUT2D eigenvalue weighted by Gasteiger charge is 2.04. The Morgan fingerprint density at radius 2 is 1.55 bits per heavy atom. The molecule has 0 aliphatic carbocycles. The lowest BCUT2D eigenvalue weighted by molar-refractivity contribution is 0.422. The zero-order chi connectivity index (χ0) is 14.2. The Labute approximate surface area is 120 Å². The summed E-state index contributed by atoms with van der Waals surface area (Å²) in [7, 11) is 4.15. The fourth-order valence-corrected chi connectivity index (χ4v) is 1.87. The zero-order valence-corrected chi connectivity index (χ0v) is 12.1. The lowest BCUT2D eigenvalue weighted by Gasteiger charge is -2.12. The molecule has 0 radical (unpaired) electrons. The maximum absolute atomic E-state index is 4.58. The topological polar surface area (TPSA) is 27.6 Å². The number of rotatable bonds is 6. The minimum Gasteiger partial charge on any atom is -0.309 e. The molecule has 0 unspecified atom stereocenters. The average Bonchev–Trinajstić information content (AvgIpc) is 2.49. The maximum Gasteiger partial charge on any atom is 0.0692 e. The number of nitrogens with one attached hydrogen (secondary N) is 1. The molecule has 2 rings (SSSR count). The molecule has 0 heterocycles. The molecule has 0 aliphatic heterocycles. The van der Waals surface area contributed by atoms with Crippen LogP contribution in [0.25, 0.3) is 0 Å². The van der Waals surface area contributed by atoms with Crippen LogP contribution in [0.5, 0.6) is 0 Å². The second-order valence-electron chi connectivity index (χ2n) is 4.96. The van der Waals surface area contributed by atoms with E-state index in [0.717, 1.165) is 29.9 Å². The van der Waals surface area contributed by atoms with Crippen LogP contribution in [-0.2, 0) is 0 Å². The summed E-state index contributed by atoms with van der Waals surface area (Å²) in [6, 6.07) is 20.3. The molecule has 0 atom stereocenters. The quantitative estimate of drug-likeness (QED) is 0.641. The summed E-state index contributed by atoms with van der Waals surface area (Å²) in [5, 5.41) is 4.58. The van der Waals surface area contributed by atoms with Crippen LogP contribution in [0.2, 0.25) is 0 Å². The van der Waals surface area contributed by atoms with Crippen molar-refractivity contribution >= 4 is 11.4 Å². The van der Waals surface area contributed by atoms with E-state index in [2.05, 4.69) is 41.7 Å². The Morgan fingerprint density at radius 1 is 0.950 bits per heavy atom. The van der Waals surface area contributed by atoms with Gasteiger partial charge in [-0.15, -0.1) is 0 Å². The fourth-order valence-electron chi connectivity index (χ4n) is 1.87. The minimum absolute atomic E-state index is 0.914. The molecule has 0 saturated carbocycles. The van der Waals surface area contributed by atoms with E-state index in [1.54, 1.807) is 0 Å². The molecule has 0 fully saturated rings. The molecule has 2 aromatic rings. The summed E-state index contributed by atoms with van der Waals surface area (Å²) in [5.41, 5.74) is 6.38. The molecule has 0 aliphatic rings. The summed E-state index contributed by atoms with van der Waals surface area (Å²) in [6.07, 6.45) is 0.914. The molecule has 1 N–H and O–H groups in total. The van der Waals surface area contributed by atoms with E-state index in [1.807, 2.05) is 48.5 Å². The molecular formula is C17H21N3. The third kappa shape index (κ3) is 4.52. The lowest BCUT2D eigenvalue weighted by Crippen LogP contribution is -2.18. The molecule has 2 aromatic carbocycles. The molecule has 0 spiro atoms. The molecule has 0 saturated heterocycles. The molecule has 3 heteroatoms. The van der Waals surface area contributed by atoms with Crippen molar-refractivity contribution in [1.82, 2.24) is 4.90 Å². The molecule has 3 nitrogen and oxygen atoms in total. The normalized spacial score (nSPS) is 11.7. The van der Waals surface area contributed by atoms with Crippen molar-refractivity contribution in [2.45, 2.75) is 6.42 Å². The Hall–Kier alpha value is -2.13. The summed E-state index contributed by atoms with van der Waals surface area (Å²) >= 11 is 0. The van der Waals surface area contributed by atoms with Crippen molar-refractivity contribution in [3.63, 3.8) is 0 Å². The minimum atomic E-state index is 0.914. The first-order valence-electron chi connectivity index (χ1n) is 6.83. The van der Waals surface area contributed by atoms with Gasteiger partial charge in [-0.2, -0.15) is 5.10 Å². The Morgan fingerprint density at radius 3 is 2.15 bits per heavy atom. The van der Waals surface area contributed by atoms with Crippen LogP contribution in [0.3, 0.4) is 0 Å². The zero-order valence-electron chi connectivity index (χ0n) is 12.1. The predicted molar refractivity (Wildman–Crippen MR) is 86.2 cm³/mol. The Kier molecular flexibility index (Phi) is 5.33. The second kappa shape index (κ2) is 7.46. The largest absolute Gasteiger partial charge is 0.309 e. The number of para-hydroxylation sites is 1. The fraction of sp³-hybridized carbons (Fsp3) is 0.235. The monoisotopic (exact) mass is 267 g/mol. The SMILES string of the molecule is CN(C)CCC(=NNc1ccccc1)c1ccccc1. The summed E-state index contributed by atoms with van der Waals surface area (Å²) in [5.74, 6) is 0. The van der Waals surface area contributed by atoms with E-state index < -0.39 is 0 Å². The van der Waals surface area contributed by atoms with Crippen molar-refractivity contribution < 1.29 is 0 Å². The second-order valence-corrected chi connectivity index (χ2v) is 4.96. The standard InChI is InChI=1S/C17H21N3/c1-20(2)14-13-17(15-9-5-3-6-10-15)19-18-16-11-7-4-8-12-16/h3-12,18H,13-14H2,1-2H3. The number of nitrogens with zero attached hydrogens (tertiary/aromatic N) is 2. The third-order valence-electron chi connectivity index (χ3n) is 3.00. The van der Waals surface area contributed by atoms with Crippen LogP contribution in [0.4, 0.5) is 5.69 Å². The van der Waals surface area contributed by atoms with Crippen LogP contribution in [0.15, 0.2) is 65.8 Å². The van der Waals surface area contributed by atoms with E-state index in [0.29, 0.717) is 0 Å². The van der Waals surface area contributed by atoms with Gasteiger partial charge in [-0.3, -0.25) is 5.43 Å². The molecule has 0 bridgehead atoms. The van der Waals surface area contributed by atoms with Crippen LogP contribution >= 0.6 is 0 Å². The van der Waals surface area contributed by atoms with Gasteiger partial charge in [0.1, 0.15) is 0 Å². The first kappa shape index (κ1) is 14.3. The van der Waals surface area contributed by atoms with E-state index in [4.69, 9.17) is 0 Å². The summed E-state index contributed by atoms with van der Waals surface area (Å²) < 4.78 is 0. The summed E-state index contributed by atoms with van der Waals surface area (Å²) in [4.78, 5) is 2.17. The highest BCUT2D eigenvalue weighted by molar-refractivity contribution is 6.01. The number of hydrogen-bond acceptors (Lipinski definition) is 3. The first-order chi connectivity index (χ1) is 9.75. The van der Waals surface area contributed by atoms with E-state index in [1.165, 1.54) is 0 Å². The van der Waals surface area contributed by atoms with Crippen molar-refractivity contribution in [3.05, 3.63) is 66.2 Å². The van der Waals surface area contributed by atoms with Gasteiger partial charge in [0.25, 0.3) is 0 Å². The smallest absolute Gasteiger partial charge is 0.0692 e. The van der Waals surface area contributed by atoms with Gasteiger partial charge in [0.2, 0.25) is 0 Å². The summed E-state index contributed by atoms with van der Waals surface area (Å²) in [6.45, 7) is 0.976. The van der Waals surface area contributed by atoms with Crippen molar-refractivity contribution in [1.29, 1.82) is 0 Å². The molecular weight excluding hydrogens is 246 g/mol. The van der Waals surface area contributed by atoms with Crippen molar-refractivity contribution in [3.8, 4) is 0 Å². The maximum atomic E-state index is 4.58. The van der Waals surface area contributed by atoms with Gasteiger partial charge >= 0.3 is 0 Å². The van der Waals surface area contributed by atoms with Gasteiger partial charge in [-0.05, 0) is 31.8 Å². The van der Waals surface area contributed by atoms with Gasteiger partial charge in [0.05, 0.1) is 11.4 Å². The predicted octanol–water partition coefficient (Wildman–Crippen LogP) is 3.45. The van der Waals surface area contributed by atoms with Crippen LogP contribution in [0.1, 0.15) is 12.0 Å². The van der Waals surface area contributed by atoms with Gasteiger partial charge in [0.15, 0.2) is 0 Å². The van der Waals surface area contributed by atoms with Crippen LogP contribution in [-0.4, -0.2) is 31.3 Å². The molecule has 104 valence electrons. The van der Waals surface area contributed by atoms with E-state index in [-0.39, 0.29) is 0 Å². The number of hydrogen-bond donors (Lipinski definition) is 1. The number of anilines is 1. The van der Waals surface area contributed by atoms with E-state index >= 15 is 0 Å². The van der Waals surface area contributed by atoms with Gasteiger partial charge < -0.3 is 4.90 Å². The van der Waals surface area contributed by atoms with Gasteiger partial charge in [-0.1, -0.05) is 48.5 Å². The first-order valence-corrected chi connectivity index (χ1v) is 6.83. The number of benzene rings is 2. The highest BCUT2D eigenvalue weighted by Crippen LogP contribution is 2.09. The highest BCUT2D eigenvalue weighted by atomic mass is 15.3.